The Kier molecular flexibility index (Phi) is 4.77. The highest BCUT2D eigenvalue weighted by molar-refractivity contribution is 5.84. The zero-order chi connectivity index (χ0) is 12.7. The molecule has 1 aromatic rings. The SMILES string of the molecule is C#CCCC(=O)NC(C(=O)O)c1ccccc1. The van der Waals surface area contributed by atoms with Gasteiger partial charge in [-0.15, -0.1) is 12.3 Å². The molecule has 1 unspecified atom stereocenters. The fourth-order valence-electron chi connectivity index (χ4n) is 1.35. The van der Waals surface area contributed by atoms with Crippen molar-refractivity contribution >= 4 is 11.9 Å². The second-order valence-electron chi connectivity index (χ2n) is 3.45. The number of benzene rings is 1. The summed E-state index contributed by atoms with van der Waals surface area (Å²) in [7, 11) is 0. The van der Waals surface area contributed by atoms with E-state index in [1.165, 1.54) is 0 Å². The molecule has 0 heterocycles. The molecule has 1 aromatic carbocycles. The molecule has 0 fully saturated rings. The summed E-state index contributed by atoms with van der Waals surface area (Å²) < 4.78 is 0. The quantitative estimate of drug-likeness (QED) is 0.751. The summed E-state index contributed by atoms with van der Waals surface area (Å²) in [6, 6.07) is 7.50. The number of carbonyl (C=O) groups excluding carboxylic acids is 1. The first-order chi connectivity index (χ1) is 8.15. The number of nitrogens with one attached hydrogen (secondary N) is 1. The fraction of sp³-hybridized carbons (Fsp3) is 0.231. The molecule has 0 bridgehead atoms. The van der Waals surface area contributed by atoms with Crippen LogP contribution in [-0.4, -0.2) is 17.0 Å². The predicted molar refractivity (Wildman–Crippen MR) is 63.0 cm³/mol. The molecular weight excluding hydrogens is 218 g/mol. The summed E-state index contributed by atoms with van der Waals surface area (Å²) in [5.41, 5.74) is 0.536. The Morgan fingerprint density at radius 3 is 2.53 bits per heavy atom. The Hall–Kier alpha value is -2.28. The third kappa shape index (κ3) is 3.99. The van der Waals surface area contributed by atoms with Crippen molar-refractivity contribution in [1.29, 1.82) is 0 Å². The van der Waals surface area contributed by atoms with Crippen LogP contribution in [0.3, 0.4) is 0 Å². The smallest absolute Gasteiger partial charge is 0.330 e. The minimum Gasteiger partial charge on any atom is -0.479 e. The topological polar surface area (TPSA) is 66.4 Å². The van der Waals surface area contributed by atoms with Gasteiger partial charge < -0.3 is 10.4 Å². The summed E-state index contributed by atoms with van der Waals surface area (Å²) in [6.45, 7) is 0. The Bertz CT molecular complexity index is 434. The van der Waals surface area contributed by atoms with Crippen LogP contribution in [0.25, 0.3) is 0 Å². The highest BCUT2D eigenvalue weighted by Gasteiger charge is 2.21. The third-order valence-corrected chi connectivity index (χ3v) is 2.18. The first-order valence-electron chi connectivity index (χ1n) is 5.15. The first-order valence-corrected chi connectivity index (χ1v) is 5.15. The Morgan fingerprint density at radius 2 is 2.00 bits per heavy atom. The van der Waals surface area contributed by atoms with Gasteiger partial charge in [-0.25, -0.2) is 4.79 Å². The number of carboxylic acids is 1. The summed E-state index contributed by atoms with van der Waals surface area (Å²) >= 11 is 0. The molecular formula is C13H13NO3. The highest BCUT2D eigenvalue weighted by Crippen LogP contribution is 2.12. The van der Waals surface area contributed by atoms with Gasteiger partial charge in [-0.05, 0) is 5.56 Å². The van der Waals surface area contributed by atoms with Gasteiger partial charge >= 0.3 is 5.97 Å². The molecule has 1 rings (SSSR count). The summed E-state index contributed by atoms with van der Waals surface area (Å²) in [5, 5.41) is 11.5. The second kappa shape index (κ2) is 6.33. The van der Waals surface area contributed by atoms with Gasteiger partial charge in [-0.3, -0.25) is 4.79 Å². The molecule has 0 spiro atoms. The van der Waals surface area contributed by atoms with E-state index < -0.39 is 12.0 Å². The fourth-order valence-corrected chi connectivity index (χ4v) is 1.35. The van der Waals surface area contributed by atoms with Crippen LogP contribution in [0, 0.1) is 12.3 Å². The lowest BCUT2D eigenvalue weighted by atomic mass is 10.1. The number of hydrogen-bond acceptors (Lipinski definition) is 2. The molecule has 0 radical (unpaired) electrons. The molecule has 1 atom stereocenters. The van der Waals surface area contributed by atoms with E-state index in [9.17, 15) is 9.59 Å². The van der Waals surface area contributed by atoms with Gasteiger partial charge in [-0.2, -0.15) is 0 Å². The van der Waals surface area contributed by atoms with E-state index >= 15 is 0 Å². The number of amides is 1. The zero-order valence-electron chi connectivity index (χ0n) is 9.22. The number of aliphatic carboxylic acids is 1. The van der Waals surface area contributed by atoms with E-state index in [-0.39, 0.29) is 12.3 Å². The van der Waals surface area contributed by atoms with Gasteiger partial charge in [-0.1, -0.05) is 30.3 Å². The van der Waals surface area contributed by atoms with Crippen molar-refractivity contribution in [3.05, 3.63) is 35.9 Å². The van der Waals surface area contributed by atoms with Crippen LogP contribution < -0.4 is 5.32 Å². The van der Waals surface area contributed by atoms with Crippen molar-refractivity contribution in [2.24, 2.45) is 0 Å². The van der Waals surface area contributed by atoms with E-state index in [0.717, 1.165) is 0 Å². The molecule has 88 valence electrons. The monoisotopic (exact) mass is 231 g/mol. The molecule has 0 aliphatic carbocycles. The maximum Gasteiger partial charge on any atom is 0.330 e. The van der Waals surface area contributed by atoms with E-state index in [4.69, 9.17) is 11.5 Å². The lowest BCUT2D eigenvalue weighted by Crippen LogP contribution is -2.33. The van der Waals surface area contributed by atoms with Crippen molar-refractivity contribution in [2.45, 2.75) is 18.9 Å². The third-order valence-electron chi connectivity index (χ3n) is 2.18. The number of terminal acetylenes is 1. The highest BCUT2D eigenvalue weighted by atomic mass is 16.4. The summed E-state index contributed by atoms with van der Waals surface area (Å²) in [6.07, 6.45) is 5.46. The Labute approximate surface area is 99.7 Å². The van der Waals surface area contributed by atoms with Crippen LogP contribution in [0.1, 0.15) is 24.4 Å². The van der Waals surface area contributed by atoms with Crippen LogP contribution in [0.2, 0.25) is 0 Å². The first kappa shape index (κ1) is 12.8. The van der Waals surface area contributed by atoms with Gasteiger partial charge in [0.1, 0.15) is 0 Å². The Balaban J connectivity index is 2.72. The van der Waals surface area contributed by atoms with Crippen molar-refractivity contribution in [2.75, 3.05) is 0 Å². The van der Waals surface area contributed by atoms with Crippen LogP contribution >= 0.6 is 0 Å². The van der Waals surface area contributed by atoms with E-state index in [0.29, 0.717) is 12.0 Å². The van der Waals surface area contributed by atoms with Crippen LogP contribution in [0.4, 0.5) is 0 Å². The number of rotatable bonds is 5. The molecule has 0 saturated carbocycles. The number of carboxylic acid groups (broad SMARTS) is 1. The molecule has 0 aliphatic rings. The maximum absolute atomic E-state index is 11.4. The molecule has 17 heavy (non-hydrogen) atoms. The van der Waals surface area contributed by atoms with E-state index in [1.54, 1.807) is 30.3 Å². The largest absolute Gasteiger partial charge is 0.479 e. The molecule has 0 aromatic heterocycles. The molecule has 2 N–H and O–H groups in total. The van der Waals surface area contributed by atoms with Crippen molar-refractivity contribution < 1.29 is 14.7 Å². The normalized spacial score (nSPS) is 11.2. The zero-order valence-corrected chi connectivity index (χ0v) is 9.22. The van der Waals surface area contributed by atoms with Crippen molar-refractivity contribution in [3.63, 3.8) is 0 Å². The van der Waals surface area contributed by atoms with Crippen molar-refractivity contribution in [1.82, 2.24) is 5.32 Å². The van der Waals surface area contributed by atoms with Crippen LogP contribution in [0.5, 0.6) is 0 Å². The van der Waals surface area contributed by atoms with Gasteiger partial charge in [0.15, 0.2) is 6.04 Å². The molecule has 1 amide bonds. The van der Waals surface area contributed by atoms with Gasteiger partial charge in [0, 0.05) is 12.8 Å². The van der Waals surface area contributed by atoms with Crippen molar-refractivity contribution in [3.8, 4) is 12.3 Å². The molecule has 0 aliphatic heterocycles. The number of hydrogen-bond donors (Lipinski definition) is 2. The average Bonchev–Trinajstić information content (AvgIpc) is 2.34. The van der Waals surface area contributed by atoms with Gasteiger partial charge in [0.25, 0.3) is 0 Å². The van der Waals surface area contributed by atoms with E-state index in [2.05, 4.69) is 11.2 Å². The maximum atomic E-state index is 11.4. The predicted octanol–water partition coefficient (Wildman–Crippen LogP) is 1.34. The lowest BCUT2D eigenvalue weighted by Gasteiger charge is -2.14. The van der Waals surface area contributed by atoms with Crippen LogP contribution in [-0.2, 0) is 9.59 Å². The lowest BCUT2D eigenvalue weighted by molar-refractivity contribution is -0.142. The Morgan fingerprint density at radius 1 is 1.35 bits per heavy atom. The standard InChI is InChI=1S/C13H13NO3/c1-2-3-9-11(15)14-12(13(16)17)10-7-5-4-6-8-10/h1,4-8,12H,3,9H2,(H,14,15)(H,16,17). The minimum absolute atomic E-state index is 0.132. The second-order valence-corrected chi connectivity index (χ2v) is 3.45. The molecule has 4 heteroatoms. The van der Waals surface area contributed by atoms with Gasteiger partial charge in [0.2, 0.25) is 5.91 Å². The minimum atomic E-state index is -1.09. The average molecular weight is 231 g/mol. The van der Waals surface area contributed by atoms with Gasteiger partial charge in [0.05, 0.1) is 0 Å². The molecule has 4 nitrogen and oxygen atoms in total. The molecule has 0 saturated heterocycles. The van der Waals surface area contributed by atoms with E-state index in [1.807, 2.05) is 0 Å². The number of carbonyl (C=O) groups is 2. The van der Waals surface area contributed by atoms with Crippen LogP contribution in [0.15, 0.2) is 30.3 Å². The summed E-state index contributed by atoms with van der Waals surface area (Å²) in [5.74, 6) is 0.878. The summed E-state index contributed by atoms with van der Waals surface area (Å²) in [4.78, 5) is 22.5.